The van der Waals surface area contributed by atoms with Crippen LogP contribution in [0, 0.1) is 17.0 Å². The van der Waals surface area contributed by atoms with Gasteiger partial charge in [-0.05, 0) is 39.8 Å². The minimum absolute atomic E-state index is 0.00681. The molecular formula is C18H20N6O2S. The lowest BCUT2D eigenvalue weighted by molar-refractivity contribution is -0.384. The Morgan fingerprint density at radius 1 is 1.19 bits per heavy atom. The van der Waals surface area contributed by atoms with Gasteiger partial charge in [0.25, 0.3) is 5.69 Å². The summed E-state index contributed by atoms with van der Waals surface area (Å²) in [6, 6.07) is 8.04. The molecule has 0 atom stereocenters. The molecule has 2 N–H and O–H groups in total. The predicted molar refractivity (Wildman–Crippen MR) is 108 cm³/mol. The molecule has 3 rings (SSSR count). The Bertz CT molecular complexity index is 980. The Hall–Kier alpha value is -3.07. The second kappa shape index (κ2) is 7.28. The summed E-state index contributed by atoms with van der Waals surface area (Å²) in [5.74, 6) is 0.367. The highest BCUT2D eigenvalue weighted by Gasteiger charge is 2.16. The summed E-state index contributed by atoms with van der Waals surface area (Å²) in [6.07, 6.45) is 1.65. The van der Waals surface area contributed by atoms with Gasteiger partial charge in [-0.15, -0.1) is 0 Å². The van der Waals surface area contributed by atoms with Crippen LogP contribution in [0.2, 0.25) is 0 Å². The van der Waals surface area contributed by atoms with Crippen LogP contribution in [0.1, 0.15) is 26.5 Å². The van der Waals surface area contributed by atoms with E-state index in [-0.39, 0.29) is 11.2 Å². The maximum atomic E-state index is 10.9. The first-order valence-electron chi connectivity index (χ1n) is 8.32. The molecule has 0 saturated carbocycles. The highest BCUT2D eigenvalue weighted by molar-refractivity contribution is 7.19. The molecule has 2 aromatic heterocycles. The zero-order chi connectivity index (χ0) is 19.6. The van der Waals surface area contributed by atoms with Crippen LogP contribution in [0.15, 0.2) is 36.5 Å². The number of nitro benzene ring substituents is 1. The first-order valence-corrected chi connectivity index (χ1v) is 9.13. The van der Waals surface area contributed by atoms with Crippen molar-refractivity contribution in [3.8, 4) is 10.6 Å². The standard InChI is InChI=1S/C18H20N6O2S/c1-11-15(27-17(20-11)23-18(2,3)4)14-8-9-19-16(22-14)21-12-6-5-7-13(10-12)24(25)26/h5-10H,1-4H3,(H,20,23)(H,19,21,22). The van der Waals surface area contributed by atoms with E-state index in [1.165, 1.54) is 23.5 Å². The third kappa shape index (κ3) is 4.76. The molecule has 27 heavy (non-hydrogen) atoms. The fourth-order valence-corrected chi connectivity index (χ4v) is 3.52. The molecule has 0 unspecified atom stereocenters. The Balaban J connectivity index is 1.86. The smallest absolute Gasteiger partial charge is 0.271 e. The van der Waals surface area contributed by atoms with Crippen molar-refractivity contribution in [3.63, 3.8) is 0 Å². The first kappa shape index (κ1) is 18.7. The number of rotatable bonds is 5. The van der Waals surface area contributed by atoms with E-state index in [1.807, 2.05) is 13.0 Å². The number of thiazole rings is 1. The van der Waals surface area contributed by atoms with Gasteiger partial charge in [0.2, 0.25) is 5.95 Å². The van der Waals surface area contributed by atoms with Gasteiger partial charge in [-0.25, -0.2) is 15.0 Å². The van der Waals surface area contributed by atoms with Gasteiger partial charge in [-0.1, -0.05) is 17.4 Å². The average Bonchev–Trinajstić information content (AvgIpc) is 2.93. The van der Waals surface area contributed by atoms with Crippen LogP contribution in [0.5, 0.6) is 0 Å². The third-order valence-electron chi connectivity index (χ3n) is 3.48. The molecule has 0 aliphatic rings. The molecule has 0 radical (unpaired) electrons. The van der Waals surface area contributed by atoms with Crippen molar-refractivity contribution in [2.45, 2.75) is 33.2 Å². The van der Waals surface area contributed by atoms with E-state index in [0.717, 1.165) is 21.4 Å². The van der Waals surface area contributed by atoms with Crippen LogP contribution in [-0.4, -0.2) is 25.4 Å². The number of aromatic nitrogens is 3. The van der Waals surface area contributed by atoms with Crippen LogP contribution in [0.25, 0.3) is 10.6 Å². The van der Waals surface area contributed by atoms with Crippen molar-refractivity contribution in [1.82, 2.24) is 15.0 Å². The largest absolute Gasteiger partial charge is 0.357 e. The minimum Gasteiger partial charge on any atom is -0.357 e. The molecule has 140 valence electrons. The van der Waals surface area contributed by atoms with E-state index >= 15 is 0 Å². The van der Waals surface area contributed by atoms with Gasteiger partial charge in [0.1, 0.15) is 0 Å². The Morgan fingerprint density at radius 2 is 1.96 bits per heavy atom. The van der Waals surface area contributed by atoms with Crippen molar-refractivity contribution in [2.75, 3.05) is 10.6 Å². The molecular weight excluding hydrogens is 364 g/mol. The molecule has 1 aromatic carbocycles. The van der Waals surface area contributed by atoms with Crippen LogP contribution in [0.3, 0.4) is 0 Å². The van der Waals surface area contributed by atoms with Gasteiger partial charge in [0, 0.05) is 29.6 Å². The van der Waals surface area contributed by atoms with Gasteiger partial charge < -0.3 is 10.6 Å². The number of aryl methyl sites for hydroxylation is 1. The van der Waals surface area contributed by atoms with Crippen LogP contribution in [0.4, 0.5) is 22.5 Å². The molecule has 0 fully saturated rings. The van der Waals surface area contributed by atoms with Crippen LogP contribution < -0.4 is 10.6 Å². The SMILES string of the molecule is Cc1nc(NC(C)(C)C)sc1-c1ccnc(Nc2cccc([N+](=O)[O-])c2)n1. The van der Waals surface area contributed by atoms with Crippen molar-refractivity contribution in [2.24, 2.45) is 0 Å². The lowest BCUT2D eigenvalue weighted by Crippen LogP contribution is -2.25. The average molecular weight is 384 g/mol. The van der Waals surface area contributed by atoms with Gasteiger partial charge in [0.15, 0.2) is 5.13 Å². The second-order valence-corrected chi connectivity index (χ2v) is 8.01. The molecule has 3 aromatic rings. The topological polar surface area (TPSA) is 106 Å². The third-order valence-corrected chi connectivity index (χ3v) is 4.58. The number of anilines is 3. The lowest BCUT2D eigenvalue weighted by Gasteiger charge is -2.19. The van der Waals surface area contributed by atoms with Gasteiger partial charge in [-0.2, -0.15) is 0 Å². The molecule has 0 spiro atoms. The first-order chi connectivity index (χ1) is 12.7. The van der Waals surface area contributed by atoms with E-state index in [2.05, 4.69) is 46.4 Å². The van der Waals surface area contributed by atoms with Crippen LogP contribution >= 0.6 is 11.3 Å². The van der Waals surface area contributed by atoms with Crippen molar-refractivity contribution in [1.29, 1.82) is 0 Å². The number of benzene rings is 1. The van der Waals surface area contributed by atoms with Gasteiger partial charge in [0.05, 0.1) is 21.2 Å². The zero-order valence-electron chi connectivity index (χ0n) is 15.5. The number of hydrogen-bond donors (Lipinski definition) is 2. The summed E-state index contributed by atoms with van der Waals surface area (Å²) in [7, 11) is 0. The number of hydrogen-bond acceptors (Lipinski definition) is 8. The number of nitro groups is 1. The molecule has 8 nitrogen and oxygen atoms in total. The maximum absolute atomic E-state index is 10.9. The van der Waals surface area contributed by atoms with E-state index in [1.54, 1.807) is 18.3 Å². The van der Waals surface area contributed by atoms with Crippen LogP contribution in [-0.2, 0) is 0 Å². The Kier molecular flexibility index (Phi) is 5.04. The van der Waals surface area contributed by atoms with Crippen molar-refractivity contribution in [3.05, 3.63) is 52.3 Å². The number of nitrogens with one attached hydrogen (secondary N) is 2. The Labute approximate surface area is 160 Å². The van der Waals surface area contributed by atoms with E-state index in [9.17, 15) is 10.1 Å². The predicted octanol–water partition coefficient (Wildman–Crippen LogP) is 4.77. The molecule has 9 heteroatoms. The van der Waals surface area contributed by atoms with Gasteiger partial charge in [-0.3, -0.25) is 10.1 Å². The van der Waals surface area contributed by atoms with E-state index < -0.39 is 4.92 Å². The molecule has 0 bridgehead atoms. The van der Waals surface area contributed by atoms with Crippen molar-refractivity contribution < 1.29 is 4.92 Å². The minimum atomic E-state index is -0.438. The molecule has 0 aliphatic heterocycles. The van der Waals surface area contributed by atoms with E-state index in [4.69, 9.17) is 0 Å². The monoisotopic (exact) mass is 384 g/mol. The van der Waals surface area contributed by atoms with E-state index in [0.29, 0.717) is 11.6 Å². The maximum Gasteiger partial charge on any atom is 0.271 e. The lowest BCUT2D eigenvalue weighted by atomic mass is 10.1. The Morgan fingerprint density at radius 3 is 2.67 bits per heavy atom. The summed E-state index contributed by atoms with van der Waals surface area (Å²) in [5.41, 5.74) is 2.11. The quantitative estimate of drug-likeness (QED) is 0.482. The summed E-state index contributed by atoms with van der Waals surface area (Å²) in [6.45, 7) is 8.18. The van der Waals surface area contributed by atoms with Crippen molar-refractivity contribution >= 4 is 33.8 Å². The summed E-state index contributed by atoms with van der Waals surface area (Å²) in [5, 5.41) is 18.1. The molecule has 0 amide bonds. The summed E-state index contributed by atoms with van der Waals surface area (Å²) < 4.78 is 0. The molecule has 0 saturated heterocycles. The van der Waals surface area contributed by atoms with Gasteiger partial charge >= 0.3 is 0 Å². The zero-order valence-corrected chi connectivity index (χ0v) is 16.3. The highest BCUT2D eigenvalue weighted by Crippen LogP contribution is 2.33. The molecule has 2 heterocycles. The summed E-state index contributed by atoms with van der Waals surface area (Å²) in [4.78, 5) is 24.7. The molecule has 0 aliphatic carbocycles. The number of nitrogens with zero attached hydrogens (tertiary/aromatic N) is 4. The highest BCUT2D eigenvalue weighted by atomic mass is 32.1. The number of non-ortho nitro benzene ring substituents is 1. The normalized spacial score (nSPS) is 11.3. The second-order valence-electron chi connectivity index (χ2n) is 7.01. The fourth-order valence-electron chi connectivity index (χ4n) is 2.38. The summed E-state index contributed by atoms with van der Waals surface area (Å²) >= 11 is 1.53. The fraction of sp³-hybridized carbons (Fsp3) is 0.278.